The van der Waals surface area contributed by atoms with Gasteiger partial charge in [0.1, 0.15) is 0 Å². The molecule has 18 heavy (non-hydrogen) atoms. The molecule has 1 aliphatic rings. The van der Waals surface area contributed by atoms with Crippen molar-refractivity contribution in [1.82, 2.24) is 5.32 Å². The lowest BCUT2D eigenvalue weighted by Gasteiger charge is -2.08. The number of carbonyl (C=O) groups excluding carboxylic acids is 1. The van der Waals surface area contributed by atoms with E-state index in [0.29, 0.717) is 5.56 Å². The number of nitrogens with one attached hydrogen (secondary N) is 1. The molecule has 3 N–H and O–H groups in total. The molecule has 0 atom stereocenters. The zero-order valence-corrected chi connectivity index (χ0v) is 13.0. The minimum atomic E-state index is -0.344. The normalized spacial score (nSPS) is 14.6. The van der Waals surface area contributed by atoms with E-state index >= 15 is 0 Å². The number of primary amides is 1. The minimum Gasteiger partial charge on any atom is -0.366 e. The summed E-state index contributed by atoms with van der Waals surface area (Å²) in [5.41, 5.74) is 6.86. The van der Waals surface area contributed by atoms with Gasteiger partial charge in [0.2, 0.25) is 5.91 Å². The van der Waals surface area contributed by atoms with Gasteiger partial charge in [-0.25, -0.2) is 0 Å². The summed E-state index contributed by atoms with van der Waals surface area (Å²) < 4.78 is 1.13. The molecular formula is C14H21IN2O. The van der Waals surface area contributed by atoms with Gasteiger partial charge in [-0.05, 0) is 78.7 Å². The molecular weight excluding hydrogens is 339 g/mol. The molecule has 0 bridgehead atoms. The third-order valence-electron chi connectivity index (χ3n) is 2.92. The van der Waals surface area contributed by atoms with Gasteiger partial charge in [-0.15, -0.1) is 0 Å². The molecule has 1 fully saturated rings. The molecule has 1 aromatic carbocycles. The summed E-state index contributed by atoms with van der Waals surface area (Å²) in [6.07, 6.45) is 5.06. The first kappa shape index (κ1) is 15.4. The van der Waals surface area contributed by atoms with Gasteiger partial charge in [-0.1, -0.05) is 13.3 Å². The van der Waals surface area contributed by atoms with E-state index in [1.165, 1.54) is 32.4 Å². The van der Waals surface area contributed by atoms with Gasteiger partial charge in [0, 0.05) is 9.13 Å². The van der Waals surface area contributed by atoms with Crippen LogP contribution in [-0.4, -0.2) is 19.0 Å². The Hall–Kier alpha value is -0.620. The molecule has 1 aromatic rings. The van der Waals surface area contributed by atoms with Crippen molar-refractivity contribution in [2.24, 2.45) is 5.73 Å². The van der Waals surface area contributed by atoms with E-state index in [9.17, 15) is 4.79 Å². The van der Waals surface area contributed by atoms with Crippen LogP contribution in [0, 0.1) is 3.57 Å². The van der Waals surface area contributed by atoms with Crippen molar-refractivity contribution in [3.8, 4) is 0 Å². The second-order valence-corrected chi connectivity index (χ2v) is 5.58. The van der Waals surface area contributed by atoms with Crippen LogP contribution in [0.2, 0.25) is 0 Å². The minimum absolute atomic E-state index is 0.344. The van der Waals surface area contributed by atoms with E-state index in [4.69, 9.17) is 5.73 Å². The summed E-state index contributed by atoms with van der Waals surface area (Å²) in [4.78, 5) is 10.9. The highest BCUT2D eigenvalue weighted by molar-refractivity contribution is 14.1. The maximum atomic E-state index is 10.9. The number of rotatable bonds is 2. The van der Waals surface area contributed by atoms with E-state index in [0.717, 1.165) is 15.6 Å². The van der Waals surface area contributed by atoms with Crippen LogP contribution >= 0.6 is 22.6 Å². The number of hydrogen-bond acceptors (Lipinski definition) is 2. The Morgan fingerprint density at radius 1 is 1.33 bits per heavy atom. The van der Waals surface area contributed by atoms with Crippen molar-refractivity contribution in [2.75, 3.05) is 13.1 Å². The third-order valence-corrected chi connectivity index (χ3v) is 3.59. The molecule has 0 aliphatic carbocycles. The van der Waals surface area contributed by atoms with Gasteiger partial charge < -0.3 is 11.1 Å². The number of aryl methyl sites for hydroxylation is 1. The summed E-state index contributed by atoms with van der Waals surface area (Å²) in [7, 11) is 0. The number of hydrogen-bond donors (Lipinski definition) is 2. The third kappa shape index (κ3) is 5.35. The van der Waals surface area contributed by atoms with Crippen molar-refractivity contribution in [1.29, 1.82) is 0 Å². The smallest absolute Gasteiger partial charge is 0.248 e. The van der Waals surface area contributed by atoms with Crippen molar-refractivity contribution in [3.63, 3.8) is 0 Å². The van der Waals surface area contributed by atoms with Gasteiger partial charge >= 0.3 is 0 Å². The summed E-state index contributed by atoms with van der Waals surface area (Å²) in [6.45, 7) is 4.51. The fourth-order valence-electron chi connectivity index (χ4n) is 1.90. The highest BCUT2D eigenvalue weighted by atomic mass is 127. The van der Waals surface area contributed by atoms with E-state index in [-0.39, 0.29) is 5.91 Å². The van der Waals surface area contributed by atoms with Gasteiger partial charge in [-0.2, -0.15) is 0 Å². The Morgan fingerprint density at radius 3 is 2.39 bits per heavy atom. The molecule has 0 unspecified atom stereocenters. The molecule has 0 radical (unpaired) electrons. The molecule has 2 rings (SSSR count). The van der Waals surface area contributed by atoms with Crippen LogP contribution < -0.4 is 11.1 Å². The van der Waals surface area contributed by atoms with Gasteiger partial charge in [-0.3, -0.25) is 4.79 Å². The number of benzene rings is 1. The van der Waals surface area contributed by atoms with E-state index < -0.39 is 0 Å². The number of nitrogens with two attached hydrogens (primary N) is 1. The molecule has 0 spiro atoms. The number of piperidine rings is 1. The van der Waals surface area contributed by atoms with E-state index in [1.54, 1.807) is 6.07 Å². The Kier molecular flexibility index (Phi) is 7.27. The van der Waals surface area contributed by atoms with Crippen molar-refractivity contribution >= 4 is 28.5 Å². The van der Waals surface area contributed by atoms with Crippen LogP contribution in [-0.2, 0) is 6.42 Å². The van der Waals surface area contributed by atoms with Crippen molar-refractivity contribution < 1.29 is 4.79 Å². The fourth-order valence-corrected chi connectivity index (χ4v) is 2.45. The predicted molar refractivity (Wildman–Crippen MR) is 83.8 cm³/mol. The second-order valence-electron chi connectivity index (χ2n) is 4.33. The first-order valence-electron chi connectivity index (χ1n) is 6.44. The van der Waals surface area contributed by atoms with Crippen LogP contribution in [0.4, 0.5) is 0 Å². The van der Waals surface area contributed by atoms with Gasteiger partial charge in [0.15, 0.2) is 0 Å². The summed E-state index contributed by atoms with van der Waals surface area (Å²) >= 11 is 2.22. The highest BCUT2D eigenvalue weighted by Gasteiger charge is 2.05. The average molecular weight is 360 g/mol. The predicted octanol–water partition coefficient (Wildman–Crippen LogP) is 2.71. The molecule has 1 heterocycles. The van der Waals surface area contributed by atoms with Gasteiger partial charge in [0.25, 0.3) is 0 Å². The topological polar surface area (TPSA) is 55.1 Å². The molecule has 4 heteroatoms. The molecule has 100 valence electrons. The quantitative estimate of drug-likeness (QED) is 0.797. The van der Waals surface area contributed by atoms with Crippen LogP contribution in [0.1, 0.15) is 42.1 Å². The first-order chi connectivity index (χ1) is 8.65. The summed E-state index contributed by atoms with van der Waals surface area (Å²) in [5, 5.41) is 3.28. The van der Waals surface area contributed by atoms with Crippen LogP contribution in [0.15, 0.2) is 18.2 Å². The maximum Gasteiger partial charge on any atom is 0.248 e. The maximum absolute atomic E-state index is 10.9. The van der Waals surface area contributed by atoms with Crippen LogP contribution in [0.5, 0.6) is 0 Å². The highest BCUT2D eigenvalue weighted by Crippen LogP contribution is 2.13. The molecule has 1 amide bonds. The fraction of sp³-hybridized carbons (Fsp3) is 0.500. The molecule has 0 saturated carbocycles. The van der Waals surface area contributed by atoms with Crippen molar-refractivity contribution in [3.05, 3.63) is 32.9 Å². The van der Waals surface area contributed by atoms with Gasteiger partial charge in [0.05, 0.1) is 0 Å². The molecule has 1 aliphatic heterocycles. The standard InChI is InChI=1S/C9H10INO.C5H11N/c1-2-6-5-7(10)3-4-8(6)9(11)12;1-2-4-6-5-3-1/h3-5H,2H2,1H3,(H2,11,12);6H,1-5H2. The number of carbonyl (C=O) groups is 1. The zero-order chi connectivity index (χ0) is 13.4. The summed E-state index contributed by atoms with van der Waals surface area (Å²) in [5.74, 6) is -0.344. The lowest BCUT2D eigenvalue weighted by atomic mass is 10.1. The Morgan fingerprint density at radius 2 is 2.00 bits per heavy atom. The second kappa shape index (κ2) is 8.48. The molecule has 1 saturated heterocycles. The van der Waals surface area contributed by atoms with Crippen LogP contribution in [0.3, 0.4) is 0 Å². The average Bonchev–Trinajstić information content (AvgIpc) is 2.41. The zero-order valence-electron chi connectivity index (χ0n) is 10.8. The Labute approximate surface area is 123 Å². The Bertz CT molecular complexity index is 378. The van der Waals surface area contributed by atoms with Crippen LogP contribution in [0.25, 0.3) is 0 Å². The lowest BCUT2D eigenvalue weighted by Crippen LogP contribution is -2.21. The largest absolute Gasteiger partial charge is 0.366 e. The molecule has 3 nitrogen and oxygen atoms in total. The van der Waals surface area contributed by atoms with Crippen molar-refractivity contribution in [2.45, 2.75) is 32.6 Å². The summed E-state index contributed by atoms with van der Waals surface area (Å²) in [6, 6.07) is 5.66. The lowest BCUT2D eigenvalue weighted by molar-refractivity contribution is 0.0999. The first-order valence-corrected chi connectivity index (χ1v) is 7.52. The monoisotopic (exact) mass is 360 g/mol. The molecule has 0 aromatic heterocycles. The number of amides is 1. The number of halogens is 1. The Balaban J connectivity index is 0.000000225. The SMILES string of the molecule is C1CCNCC1.CCc1cc(I)ccc1C(N)=O. The van der Waals surface area contributed by atoms with E-state index in [2.05, 4.69) is 27.9 Å². The van der Waals surface area contributed by atoms with E-state index in [1.807, 2.05) is 19.1 Å².